The van der Waals surface area contributed by atoms with Gasteiger partial charge in [-0.25, -0.2) is 8.42 Å². The van der Waals surface area contributed by atoms with Gasteiger partial charge in [-0.15, -0.1) is 0 Å². The maximum absolute atomic E-state index is 14.1. The van der Waals surface area contributed by atoms with E-state index in [9.17, 15) is 31.2 Å². The van der Waals surface area contributed by atoms with Gasteiger partial charge in [-0.3, -0.25) is 13.9 Å². The van der Waals surface area contributed by atoms with Gasteiger partial charge in [-0.1, -0.05) is 78.5 Å². The summed E-state index contributed by atoms with van der Waals surface area (Å²) in [6.07, 6.45) is -0.418. The summed E-state index contributed by atoms with van der Waals surface area (Å²) in [5.74, 6) is -1.18. The number of amides is 2. The van der Waals surface area contributed by atoms with Crippen molar-refractivity contribution >= 4 is 50.7 Å². The van der Waals surface area contributed by atoms with Crippen molar-refractivity contribution in [3.05, 3.63) is 99.5 Å². The molecule has 0 aliphatic heterocycles. The molecule has 0 spiro atoms. The van der Waals surface area contributed by atoms with Crippen LogP contribution in [0.25, 0.3) is 0 Å². The fourth-order valence-electron chi connectivity index (χ4n) is 5.21. The number of anilines is 1. The van der Waals surface area contributed by atoms with Crippen LogP contribution in [0.2, 0.25) is 10.0 Å². The number of nitrogens with zero attached hydrogens (tertiary/aromatic N) is 2. The van der Waals surface area contributed by atoms with Gasteiger partial charge in [0.25, 0.3) is 0 Å². The molecule has 4 rings (SSSR count). The van der Waals surface area contributed by atoms with Gasteiger partial charge in [0.15, 0.2) is 0 Å². The molecule has 1 aliphatic rings. The Labute approximate surface area is 265 Å². The minimum Gasteiger partial charge on any atom is -0.352 e. The summed E-state index contributed by atoms with van der Waals surface area (Å²) in [6.45, 7) is -0.940. The smallest absolute Gasteiger partial charge is 0.352 e. The summed E-state index contributed by atoms with van der Waals surface area (Å²) in [4.78, 5) is 29.3. The molecule has 0 bridgehead atoms. The predicted octanol–water partition coefficient (Wildman–Crippen LogP) is 6.48. The minimum atomic E-state index is -4.86. The molecule has 13 heteroatoms. The second-order valence-electron chi connectivity index (χ2n) is 10.8. The van der Waals surface area contributed by atoms with E-state index in [1.165, 1.54) is 4.90 Å². The van der Waals surface area contributed by atoms with Gasteiger partial charge in [-0.2, -0.15) is 13.2 Å². The molecule has 0 aromatic heterocycles. The summed E-state index contributed by atoms with van der Waals surface area (Å²) in [7, 11) is -4.27. The van der Waals surface area contributed by atoms with E-state index in [1.54, 1.807) is 36.4 Å². The number of rotatable bonds is 11. The first-order chi connectivity index (χ1) is 20.7. The van der Waals surface area contributed by atoms with Crippen LogP contribution in [0.1, 0.15) is 42.4 Å². The Bertz CT molecular complexity index is 1570. The number of carbonyl (C=O) groups is 2. The summed E-state index contributed by atoms with van der Waals surface area (Å²) < 4.78 is 67.3. The summed E-state index contributed by atoms with van der Waals surface area (Å²) >= 11 is 11.8. The van der Waals surface area contributed by atoms with E-state index in [4.69, 9.17) is 23.2 Å². The van der Waals surface area contributed by atoms with Gasteiger partial charge in [0.2, 0.25) is 21.8 Å². The highest BCUT2D eigenvalue weighted by Gasteiger charge is 2.37. The number of sulfonamides is 1. The molecule has 1 N–H and O–H groups in total. The first-order valence-corrected chi connectivity index (χ1v) is 16.6. The number of benzene rings is 3. The molecule has 0 heterocycles. The molecule has 3 aromatic carbocycles. The molecule has 7 nitrogen and oxygen atoms in total. The quantitative estimate of drug-likeness (QED) is 0.253. The normalized spacial score (nSPS) is 14.7. The zero-order valence-electron chi connectivity index (χ0n) is 23.9. The molecule has 0 saturated heterocycles. The van der Waals surface area contributed by atoms with Crippen molar-refractivity contribution in [1.29, 1.82) is 0 Å². The SMILES string of the molecule is CS(=O)(=O)N(CC(=O)N(Cc1ccc(Cl)cc1)[C@H](Cc1ccccc1)C(=O)NC1CCCC1)c1ccc(Cl)c(C(F)(F)F)c1. The molecular weight excluding hydrogens is 638 g/mol. The number of hydrogen-bond acceptors (Lipinski definition) is 4. The van der Waals surface area contributed by atoms with Crippen LogP contribution < -0.4 is 9.62 Å². The molecule has 44 heavy (non-hydrogen) atoms. The second-order valence-corrected chi connectivity index (χ2v) is 13.5. The first-order valence-electron chi connectivity index (χ1n) is 13.9. The average Bonchev–Trinajstić information content (AvgIpc) is 3.47. The van der Waals surface area contributed by atoms with E-state index in [2.05, 4.69) is 5.32 Å². The average molecular weight is 671 g/mol. The van der Waals surface area contributed by atoms with E-state index in [-0.39, 0.29) is 24.7 Å². The fraction of sp³-hybridized carbons (Fsp3) is 0.355. The second kappa shape index (κ2) is 14.2. The standard InChI is InChI=1S/C31H32Cl2F3N3O4S/c1-44(42,43)39(25-15-16-27(33)26(18-25)31(34,35)36)20-29(40)38(19-22-11-13-23(32)14-12-22)28(17-21-7-3-2-4-8-21)30(41)37-24-9-5-6-10-24/h2-4,7-8,11-16,18,24,28H,5-6,9-10,17,19-20H2,1H3,(H,37,41)/t28-/m1/s1. The van der Waals surface area contributed by atoms with Crippen molar-refractivity contribution in [2.45, 2.75) is 56.9 Å². The molecule has 2 amide bonds. The van der Waals surface area contributed by atoms with Gasteiger partial charge in [0.05, 0.1) is 22.5 Å². The topological polar surface area (TPSA) is 86.8 Å². The van der Waals surface area contributed by atoms with Crippen molar-refractivity contribution in [2.24, 2.45) is 0 Å². The van der Waals surface area contributed by atoms with E-state index >= 15 is 0 Å². The third kappa shape index (κ3) is 8.89. The lowest BCUT2D eigenvalue weighted by Gasteiger charge is -2.34. The van der Waals surface area contributed by atoms with Crippen LogP contribution in [0.3, 0.4) is 0 Å². The lowest BCUT2D eigenvalue weighted by Crippen LogP contribution is -2.54. The van der Waals surface area contributed by atoms with Crippen molar-refractivity contribution < 1.29 is 31.2 Å². The first kappa shape index (κ1) is 33.6. The highest BCUT2D eigenvalue weighted by molar-refractivity contribution is 7.92. The summed E-state index contributed by atoms with van der Waals surface area (Å²) in [5, 5.41) is 2.89. The van der Waals surface area contributed by atoms with E-state index in [0.29, 0.717) is 21.0 Å². The number of hydrogen-bond donors (Lipinski definition) is 1. The van der Waals surface area contributed by atoms with Crippen LogP contribution in [-0.2, 0) is 38.8 Å². The van der Waals surface area contributed by atoms with Crippen molar-refractivity contribution in [1.82, 2.24) is 10.2 Å². The number of halogens is 5. The van der Waals surface area contributed by atoms with E-state index in [0.717, 1.165) is 49.6 Å². The van der Waals surface area contributed by atoms with Crippen molar-refractivity contribution in [3.8, 4) is 0 Å². The third-order valence-corrected chi connectivity index (χ3v) is 9.18. The Morgan fingerprint density at radius 3 is 2.18 bits per heavy atom. The minimum absolute atomic E-state index is 0.0596. The van der Waals surface area contributed by atoms with Crippen molar-refractivity contribution in [3.63, 3.8) is 0 Å². The van der Waals surface area contributed by atoms with Gasteiger partial charge >= 0.3 is 6.18 Å². The zero-order valence-corrected chi connectivity index (χ0v) is 26.2. The van der Waals surface area contributed by atoms with E-state index in [1.807, 2.05) is 18.2 Å². The Kier molecular flexibility index (Phi) is 10.9. The van der Waals surface area contributed by atoms with Crippen LogP contribution >= 0.6 is 23.2 Å². The molecule has 1 fully saturated rings. The highest BCUT2D eigenvalue weighted by Crippen LogP contribution is 2.37. The predicted molar refractivity (Wildman–Crippen MR) is 165 cm³/mol. The molecular formula is C31H32Cl2F3N3O4S. The Balaban J connectivity index is 1.75. The number of nitrogens with one attached hydrogen (secondary N) is 1. The number of carbonyl (C=O) groups excluding carboxylic acids is 2. The molecule has 1 saturated carbocycles. The van der Waals surface area contributed by atoms with Gasteiger partial charge in [0.1, 0.15) is 12.6 Å². The molecule has 3 aromatic rings. The van der Waals surface area contributed by atoms with E-state index < -0.39 is 51.2 Å². The number of alkyl halides is 3. The third-order valence-electron chi connectivity index (χ3n) is 7.46. The van der Waals surface area contributed by atoms with Crippen LogP contribution in [0.4, 0.5) is 18.9 Å². The van der Waals surface area contributed by atoms with Gasteiger partial charge < -0.3 is 10.2 Å². The van der Waals surface area contributed by atoms with Crippen molar-refractivity contribution in [2.75, 3.05) is 17.1 Å². The monoisotopic (exact) mass is 669 g/mol. The van der Waals surface area contributed by atoms with Gasteiger partial charge in [-0.05, 0) is 54.3 Å². The largest absolute Gasteiger partial charge is 0.417 e. The van der Waals surface area contributed by atoms with Gasteiger partial charge in [0, 0.05) is 24.0 Å². The summed E-state index contributed by atoms with van der Waals surface area (Å²) in [5.41, 5.74) is -0.251. The molecule has 0 radical (unpaired) electrons. The molecule has 236 valence electrons. The molecule has 0 unspecified atom stereocenters. The highest BCUT2D eigenvalue weighted by atomic mass is 35.5. The van der Waals surface area contributed by atoms with Crippen LogP contribution in [0, 0.1) is 0 Å². The Morgan fingerprint density at radius 1 is 0.955 bits per heavy atom. The fourth-order valence-corrected chi connectivity index (χ4v) is 6.40. The molecule has 1 atom stereocenters. The zero-order chi connectivity index (χ0) is 32.1. The van der Waals surface area contributed by atoms with Crippen LogP contribution in [0.5, 0.6) is 0 Å². The van der Waals surface area contributed by atoms with Crippen LogP contribution in [-0.4, -0.2) is 50.0 Å². The Hall–Kier alpha value is -3.28. The maximum atomic E-state index is 14.1. The Morgan fingerprint density at radius 2 is 1.59 bits per heavy atom. The summed E-state index contributed by atoms with van der Waals surface area (Å²) in [6, 6.07) is 17.2. The van der Waals surface area contributed by atoms with Crippen LogP contribution in [0.15, 0.2) is 72.8 Å². The lowest BCUT2D eigenvalue weighted by atomic mass is 10.0. The molecule has 1 aliphatic carbocycles. The lowest BCUT2D eigenvalue weighted by molar-refractivity contribution is -0.140. The maximum Gasteiger partial charge on any atom is 0.417 e.